The number of H-pyrrole nitrogens is 1. The summed E-state index contributed by atoms with van der Waals surface area (Å²) in [6.07, 6.45) is 0. The van der Waals surface area contributed by atoms with Crippen LogP contribution in [0.4, 0.5) is 0 Å². The molecule has 0 spiro atoms. The summed E-state index contributed by atoms with van der Waals surface area (Å²) in [5.41, 5.74) is 1.21. The molecule has 2 aliphatic rings. The van der Waals surface area contributed by atoms with Crippen molar-refractivity contribution in [1.82, 2.24) is 28.6 Å². The molecule has 0 atom stereocenters. The normalized spacial score (nSPS) is 21.0. The molecule has 1 aromatic heterocycles. The summed E-state index contributed by atoms with van der Waals surface area (Å²) in [6.45, 7) is 3.85. The number of rotatable bonds is 3. The number of amides is 1. The number of carbonyl (C=O) groups is 1. The van der Waals surface area contributed by atoms with E-state index in [1.165, 1.54) is 4.31 Å². The zero-order valence-corrected chi connectivity index (χ0v) is 16.2. The van der Waals surface area contributed by atoms with Crippen molar-refractivity contribution in [3.8, 4) is 0 Å². The van der Waals surface area contributed by atoms with Crippen LogP contribution in [-0.2, 0) is 10.2 Å². The molecule has 2 aromatic rings. The maximum Gasteiger partial charge on any atom is 0.282 e. The number of likely N-dealkylation sites (N-methyl/N-ethyl adjacent to an activating group) is 1. The van der Waals surface area contributed by atoms with Crippen LogP contribution in [0, 0.1) is 0 Å². The van der Waals surface area contributed by atoms with Crippen molar-refractivity contribution in [1.29, 1.82) is 0 Å². The number of benzene rings is 1. The van der Waals surface area contributed by atoms with Gasteiger partial charge in [0.2, 0.25) is 0 Å². The highest BCUT2D eigenvalue weighted by Crippen LogP contribution is 2.19. The second kappa shape index (κ2) is 7.19. The third-order valence-electron chi connectivity index (χ3n) is 5.31. The van der Waals surface area contributed by atoms with Crippen LogP contribution in [0.2, 0.25) is 0 Å². The summed E-state index contributed by atoms with van der Waals surface area (Å²) in [5, 5.41) is 7.82. The fourth-order valence-corrected chi connectivity index (χ4v) is 5.16. The minimum absolute atomic E-state index is 0.163. The highest BCUT2D eigenvalue weighted by molar-refractivity contribution is 7.86. The number of nitrogens with one attached hydrogen (secondary N) is 1. The molecular formula is C17H24N6O3S. The van der Waals surface area contributed by atoms with Gasteiger partial charge in [-0.1, -0.05) is 18.2 Å². The fraction of sp³-hybridized carbons (Fsp3) is 0.529. The molecule has 4 rings (SSSR count). The molecule has 1 N–H and O–H groups in total. The quantitative estimate of drug-likeness (QED) is 0.782. The molecule has 2 fully saturated rings. The van der Waals surface area contributed by atoms with Gasteiger partial charge >= 0.3 is 0 Å². The molecule has 0 radical (unpaired) electrons. The molecule has 0 aliphatic carbocycles. The van der Waals surface area contributed by atoms with Gasteiger partial charge in [0.25, 0.3) is 16.1 Å². The number of carbonyl (C=O) groups excluding carboxylic acids is 1. The summed E-state index contributed by atoms with van der Waals surface area (Å²) < 4.78 is 28.7. The fourth-order valence-electron chi connectivity index (χ4n) is 3.58. The molecule has 27 heavy (non-hydrogen) atoms. The van der Waals surface area contributed by atoms with Crippen LogP contribution in [0.1, 0.15) is 10.5 Å². The highest BCUT2D eigenvalue weighted by Gasteiger charge is 2.35. The summed E-state index contributed by atoms with van der Waals surface area (Å²) >= 11 is 0. The van der Waals surface area contributed by atoms with Crippen molar-refractivity contribution in [3.63, 3.8) is 0 Å². The lowest BCUT2D eigenvalue weighted by atomic mass is 10.2. The van der Waals surface area contributed by atoms with E-state index < -0.39 is 10.2 Å². The Balaban J connectivity index is 1.42. The van der Waals surface area contributed by atoms with Crippen molar-refractivity contribution in [2.75, 3.05) is 59.4 Å². The molecular weight excluding hydrogens is 368 g/mol. The summed E-state index contributed by atoms with van der Waals surface area (Å²) in [6, 6.07) is 7.49. The molecule has 9 nitrogen and oxygen atoms in total. The van der Waals surface area contributed by atoms with E-state index in [1.54, 1.807) is 9.21 Å². The first kappa shape index (κ1) is 18.4. The largest absolute Gasteiger partial charge is 0.335 e. The highest BCUT2D eigenvalue weighted by atomic mass is 32.2. The van der Waals surface area contributed by atoms with Gasteiger partial charge in [-0.05, 0) is 13.1 Å². The van der Waals surface area contributed by atoms with Gasteiger partial charge in [-0.2, -0.15) is 22.1 Å². The minimum atomic E-state index is -3.47. The molecule has 1 aromatic carbocycles. The Morgan fingerprint density at radius 2 is 1.56 bits per heavy atom. The Labute approximate surface area is 158 Å². The lowest BCUT2D eigenvalue weighted by Crippen LogP contribution is -2.57. The van der Waals surface area contributed by atoms with Gasteiger partial charge in [0.1, 0.15) is 0 Å². The number of piperazine rings is 2. The summed E-state index contributed by atoms with van der Waals surface area (Å²) in [4.78, 5) is 16.6. The standard InChI is InChI=1S/C17H24N6O3S/c1-20-6-10-22(11-7-20)27(25,26)23-12-8-21(9-13-23)17(24)16-14-4-2-3-5-15(14)18-19-16/h2-5H,6-13H2,1H3,(H,18,19). The van der Waals surface area contributed by atoms with Gasteiger partial charge in [-0.15, -0.1) is 0 Å². The first-order chi connectivity index (χ1) is 13.0. The minimum Gasteiger partial charge on any atom is -0.335 e. The maximum absolute atomic E-state index is 12.8. The van der Waals surface area contributed by atoms with Crippen molar-refractivity contribution in [2.45, 2.75) is 0 Å². The van der Waals surface area contributed by atoms with Gasteiger partial charge in [-0.25, -0.2) is 0 Å². The molecule has 10 heteroatoms. The average molecular weight is 392 g/mol. The molecule has 0 unspecified atom stereocenters. The van der Waals surface area contributed by atoms with Crippen molar-refractivity contribution in [2.24, 2.45) is 0 Å². The first-order valence-electron chi connectivity index (χ1n) is 9.13. The second-order valence-electron chi connectivity index (χ2n) is 7.02. The first-order valence-corrected chi connectivity index (χ1v) is 10.5. The Kier molecular flexibility index (Phi) is 4.89. The lowest BCUT2D eigenvalue weighted by molar-refractivity contribution is 0.0688. The van der Waals surface area contributed by atoms with E-state index in [4.69, 9.17) is 0 Å². The number of hydrogen-bond acceptors (Lipinski definition) is 5. The predicted molar refractivity (Wildman–Crippen MR) is 102 cm³/mol. The van der Waals surface area contributed by atoms with E-state index in [1.807, 2.05) is 31.3 Å². The van der Waals surface area contributed by atoms with Crippen LogP contribution in [-0.4, -0.2) is 102 Å². The van der Waals surface area contributed by atoms with Crippen molar-refractivity contribution >= 4 is 27.0 Å². The number of hydrogen-bond donors (Lipinski definition) is 1. The van der Waals surface area contributed by atoms with Crippen LogP contribution in [0.3, 0.4) is 0 Å². The smallest absolute Gasteiger partial charge is 0.282 e. The molecule has 3 heterocycles. The number of aromatic amines is 1. The molecule has 0 saturated carbocycles. The number of para-hydroxylation sites is 1. The van der Waals surface area contributed by atoms with E-state index >= 15 is 0 Å². The lowest BCUT2D eigenvalue weighted by Gasteiger charge is -2.38. The van der Waals surface area contributed by atoms with Crippen molar-refractivity contribution in [3.05, 3.63) is 30.0 Å². The third-order valence-corrected chi connectivity index (χ3v) is 7.35. The van der Waals surface area contributed by atoms with E-state index in [2.05, 4.69) is 15.1 Å². The molecule has 146 valence electrons. The SMILES string of the molecule is CN1CCN(S(=O)(=O)N2CCN(C(=O)c3n[nH]c4ccccc34)CC2)CC1. The monoisotopic (exact) mass is 392 g/mol. The van der Waals surface area contributed by atoms with Crippen LogP contribution in [0.5, 0.6) is 0 Å². The molecule has 2 saturated heterocycles. The van der Waals surface area contributed by atoms with Crippen LogP contribution in [0.15, 0.2) is 24.3 Å². The zero-order chi connectivity index (χ0) is 19.0. The molecule has 1 amide bonds. The molecule has 2 aliphatic heterocycles. The van der Waals surface area contributed by atoms with Crippen LogP contribution >= 0.6 is 0 Å². The second-order valence-corrected chi connectivity index (χ2v) is 8.95. The maximum atomic E-state index is 12.8. The van der Waals surface area contributed by atoms with Gasteiger partial charge < -0.3 is 9.80 Å². The molecule has 0 bridgehead atoms. The van der Waals surface area contributed by atoms with Crippen LogP contribution in [0.25, 0.3) is 10.9 Å². The Morgan fingerprint density at radius 1 is 0.963 bits per heavy atom. The Bertz CT molecular complexity index is 927. The van der Waals surface area contributed by atoms with E-state index in [0.717, 1.165) is 24.0 Å². The van der Waals surface area contributed by atoms with Gasteiger partial charge in [0.05, 0.1) is 5.52 Å². The van der Waals surface area contributed by atoms with Gasteiger partial charge in [-0.3, -0.25) is 9.89 Å². The number of nitrogens with zero attached hydrogens (tertiary/aromatic N) is 5. The Morgan fingerprint density at radius 3 is 2.22 bits per heavy atom. The number of aromatic nitrogens is 2. The van der Waals surface area contributed by atoms with E-state index in [-0.39, 0.29) is 5.91 Å². The van der Waals surface area contributed by atoms with Gasteiger partial charge in [0, 0.05) is 57.7 Å². The predicted octanol–water partition coefficient (Wildman–Crippen LogP) is -0.187. The summed E-state index contributed by atoms with van der Waals surface area (Å²) in [5.74, 6) is -0.163. The summed E-state index contributed by atoms with van der Waals surface area (Å²) in [7, 11) is -1.47. The van der Waals surface area contributed by atoms with E-state index in [9.17, 15) is 13.2 Å². The zero-order valence-electron chi connectivity index (χ0n) is 15.3. The van der Waals surface area contributed by atoms with Gasteiger partial charge in [0.15, 0.2) is 5.69 Å². The number of fused-ring (bicyclic) bond motifs is 1. The van der Waals surface area contributed by atoms with E-state index in [0.29, 0.717) is 45.0 Å². The van der Waals surface area contributed by atoms with Crippen LogP contribution < -0.4 is 0 Å². The Hall–Kier alpha value is -2.01. The third kappa shape index (κ3) is 3.45. The average Bonchev–Trinajstić information content (AvgIpc) is 3.12. The topological polar surface area (TPSA) is 92.9 Å². The van der Waals surface area contributed by atoms with Crippen molar-refractivity contribution < 1.29 is 13.2 Å².